The number of fused-ring (bicyclic) bond motifs is 1. The molecule has 5 rings (SSSR count). The summed E-state index contributed by atoms with van der Waals surface area (Å²) in [5.41, 5.74) is 9.56. The third-order valence-corrected chi connectivity index (χ3v) is 6.98. The molecule has 0 spiro atoms. The fourth-order valence-corrected chi connectivity index (χ4v) is 4.68. The minimum atomic E-state index is -0.496. The van der Waals surface area contributed by atoms with Gasteiger partial charge in [-0.2, -0.15) is 5.10 Å². The molecule has 3 amide bonds. The zero-order chi connectivity index (χ0) is 32.1. The highest BCUT2D eigenvalue weighted by atomic mass is 19.1. The third kappa shape index (κ3) is 7.01. The first kappa shape index (κ1) is 30.5. The van der Waals surface area contributed by atoms with E-state index in [1.807, 2.05) is 0 Å². The van der Waals surface area contributed by atoms with Gasteiger partial charge in [0.05, 0.1) is 40.1 Å². The number of aromatic nitrogens is 2. The topological polar surface area (TPSA) is 179 Å². The summed E-state index contributed by atoms with van der Waals surface area (Å²) in [7, 11) is 0. The van der Waals surface area contributed by atoms with Gasteiger partial charge in [-0.15, -0.1) is 5.10 Å². The summed E-state index contributed by atoms with van der Waals surface area (Å²) in [6.45, 7) is 4.43. The van der Waals surface area contributed by atoms with Crippen molar-refractivity contribution in [1.82, 2.24) is 15.3 Å². The monoisotopic (exact) mass is 613 g/mol. The van der Waals surface area contributed by atoms with E-state index in [2.05, 4.69) is 41.4 Å². The first-order valence-corrected chi connectivity index (χ1v) is 13.9. The number of halogens is 2. The Kier molecular flexibility index (Phi) is 8.93. The molecule has 0 saturated carbocycles. The Morgan fingerprint density at radius 2 is 1.80 bits per heavy atom. The first-order chi connectivity index (χ1) is 21.6. The predicted octanol–water partition coefficient (Wildman–Crippen LogP) is 4.15. The van der Waals surface area contributed by atoms with Crippen molar-refractivity contribution in [2.24, 2.45) is 10.2 Å². The summed E-state index contributed by atoms with van der Waals surface area (Å²) in [5.74, 6) is -1.62. The van der Waals surface area contributed by atoms with Crippen molar-refractivity contribution < 1.29 is 23.2 Å². The number of rotatable bonds is 10. The van der Waals surface area contributed by atoms with Gasteiger partial charge in [0.1, 0.15) is 17.5 Å². The lowest BCUT2D eigenvalue weighted by atomic mass is 10.1. The molecular formula is C31H29F2N9O3. The fourth-order valence-electron chi connectivity index (χ4n) is 4.68. The number of carbonyl (C=O) groups excluding carboxylic acids is 3. The highest BCUT2D eigenvalue weighted by Crippen LogP contribution is 2.24. The number of aryl methyl sites for hydroxylation is 1. The molecule has 1 aliphatic heterocycles. The van der Waals surface area contributed by atoms with Gasteiger partial charge in [-0.25, -0.2) is 13.8 Å². The maximum Gasteiger partial charge on any atom is 0.276 e. The molecule has 230 valence electrons. The average molecular weight is 614 g/mol. The van der Waals surface area contributed by atoms with Crippen LogP contribution in [0.5, 0.6) is 0 Å². The smallest absolute Gasteiger partial charge is 0.276 e. The van der Waals surface area contributed by atoms with Crippen LogP contribution in [0.15, 0.2) is 64.9 Å². The maximum atomic E-state index is 13.6. The number of nitrogens with zero attached hydrogens (tertiary/aromatic N) is 3. The van der Waals surface area contributed by atoms with Crippen molar-refractivity contribution in [3.8, 4) is 0 Å². The van der Waals surface area contributed by atoms with Crippen LogP contribution >= 0.6 is 0 Å². The number of nitrogen functional groups attached to an aromatic ring is 1. The van der Waals surface area contributed by atoms with Gasteiger partial charge in [-0.3, -0.25) is 14.4 Å². The average Bonchev–Trinajstić information content (AvgIpc) is 3.47. The van der Waals surface area contributed by atoms with Gasteiger partial charge in [0.25, 0.3) is 17.7 Å². The van der Waals surface area contributed by atoms with Crippen molar-refractivity contribution in [3.05, 3.63) is 100 Å². The third-order valence-electron chi connectivity index (χ3n) is 6.98. The molecule has 0 saturated heterocycles. The molecule has 0 unspecified atom stereocenters. The van der Waals surface area contributed by atoms with Crippen LogP contribution in [0.2, 0.25) is 0 Å². The minimum Gasteiger partial charge on any atom is -0.397 e. The van der Waals surface area contributed by atoms with Crippen LogP contribution in [0.1, 0.15) is 49.7 Å². The van der Waals surface area contributed by atoms with Gasteiger partial charge < -0.3 is 32.0 Å². The molecule has 0 bridgehead atoms. The lowest BCUT2D eigenvalue weighted by Crippen LogP contribution is -2.26. The van der Waals surface area contributed by atoms with E-state index in [4.69, 9.17) is 5.73 Å². The molecule has 2 aromatic heterocycles. The zero-order valence-electron chi connectivity index (χ0n) is 24.3. The van der Waals surface area contributed by atoms with Crippen LogP contribution < -0.4 is 27.0 Å². The summed E-state index contributed by atoms with van der Waals surface area (Å²) in [6, 6.07) is 10.9. The van der Waals surface area contributed by atoms with E-state index in [-0.39, 0.29) is 17.3 Å². The first-order valence-electron chi connectivity index (χ1n) is 13.9. The Morgan fingerprint density at radius 3 is 2.56 bits per heavy atom. The number of pyridine rings is 1. The molecule has 0 fully saturated rings. The van der Waals surface area contributed by atoms with E-state index < -0.39 is 23.4 Å². The number of carbonyl (C=O) groups is 3. The van der Waals surface area contributed by atoms with Crippen molar-refractivity contribution in [2.75, 3.05) is 34.8 Å². The van der Waals surface area contributed by atoms with E-state index in [1.165, 1.54) is 42.7 Å². The molecule has 3 heterocycles. The van der Waals surface area contributed by atoms with E-state index in [1.54, 1.807) is 26.0 Å². The lowest BCUT2D eigenvalue weighted by Gasteiger charge is -2.10. The summed E-state index contributed by atoms with van der Waals surface area (Å²) < 4.78 is 26.9. The fraction of sp³-hybridized carbons (Fsp3) is 0.161. The number of benzene rings is 2. The number of aromatic amines is 1. The molecule has 45 heavy (non-hydrogen) atoms. The minimum absolute atomic E-state index is 0.00243. The summed E-state index contributed by atoms with van der Waals surface area (Å²) >= 11 is 0. The van der Waals surface area contributed by atoms with Crippen LogP contribution in [0, 0.1) is 25.5 Å². The van der Waals surface area contributed by atoms with Crippen molar-refractivity contribution in [3.63, 3.8) is 0 Å². The van der Waals surface area contributed by atoms with Gasteiger partial charge in [0.2, 0.25) is 0 Å². The standard InChI is InChI=1S/C31H29F2N9O3/c1-16-25(15-38-42-28-21-12-19(32)5-7-23(21)40-31(28)45)39-17(2)27(16)30(44)36-11-3-10-35-26-9-4-18(14-37-26)29(43)41-24-8-6-20(33)13-22(24)34/h4-9,12-15,39H,3,10-11,34H2,1-2H3,(H,35,37)(H,36,44)(H,41,43)(H,40,42,45)/b38-15+. The van der Waals surface area contributed by atoms with Crippen LogP contribution in [-0.2, 0) is 4.79 Å². The van der Waals surface area contributed by atoms with Crippen LogP contribution in [0.3, 0.4) is 0 Å². The molecule has 12 nitrogen and oxygen atoms in total. The SMILES string of the molecule is Cc1[nH]c(/C=N/N=C2\C(=O)Nc3ccc(F)cc32)c(C)c1C(=O)NCCCNc1ccc(C(=O)Nc2ccc(F)cc2N)cn1. The van der Waals surface area contributed by atoms with Gasteiger partial charge in [-0.1, -0.05) is 0 Å². The lowest BCUT2D eigenvalue weighted by molar-refractivity contribution is -0.110. The normalized spacial score (nSPS) is 13.2. The largest absolute Gasteiger partial charge is 0.397 e. The summed E-state index contributed by atoms with van der Waals surface area (Å²) in [4.78, 5) is 44.9. The number of nitrogens with one attached hydrogen (secondary N) is 5. The van der Waals surface area contributed by atoms with Crippen LogP contribution in [0.25, 0.3) is 0 Å². The summed E-state index contributed by atoms with van der Waals surface area (Å²) in [5, 5.41) is 19.2. The second kappa shape index (κ2) is 13.2. The second-order valence-electron chi connectivity index (χ2n) is 10.2. The van der Waals surface area contributed by atoms with Gasteiger partial charge in [0.15, 0.2) is 5.71 Å². The van der Waals surface area contributed by atoms with Crippen molar-refractivity contribution >= 4 is 52.5 Å². The van der Waals surface area contributed by atoms with E-state index in [0.717, 1.165) is 6.07 Å². The number of hydrogen-bond acceptors (Lipinski definition) is 8. The Hall–Kier alpha value is -5.92. The molecule has 4 aromatic rings. The number of amides is 3. The molecule has 0 aliphatic carbocycles. The molecular weight excluding hydrogens is 584 g/mol. The second-order valence-corrected chi connectivity index (χ2v) is 10.2. The zero-order valence-corrected chi connectivity index (χ0v) is 24.3. The Morgan fingerprint density at radius 1 is 1.02 bits per heavy atom. The number of anilines is 4. The molecule has 7 N–H and O–H groups in total. The van der Waals surface area contributed by atoms with Gasteiger partial charge in [0, 0.05) is 30.5 Å². The van der Waals surface area contributed by atoms with Crippen LogP contribution in [-0.4, -0.2) is 52.7 Å². The Balaban J connectivity index is 1.09. The van der Waals surface area contributed by atoms with Gasteiger partial charge >= 0.3 is 0 Å². The summed E-state index contributed by atoms with van der Waals surface area (Å²) in [6.07, 6.45) is 3.41. The Labute approximate surface area is 256 Å². The maximum absolute atomic E-state index is 13.6. The van der Waals surface area contributed by atoms with Crippen molar-refractivity contribution in [2.45, 2.75) is 20.3 Å². The van der Waals surface area contributed by atoms with E-state index in [9.17, 15) is 23.2 Å². The van der Waals surface area contributed by atoms with Crippen LogP contribution in [0.4, 0.5) is 31.7 Å². The van der Waals surface area contributed by atoms with E-state index >= 15 is 0 Å². The highest BCUT2D eigenvalue weighted by molar-refractivity contribution is 6.53. The van der Waals surface area contributed by atoms with Crippen molar-refractivity contribution in [1.29, 1.82) is 0 Å². The highest BCUT2D eigenvalue weighted by Gasteiger charge is 2.26. The molecule has 14 heteroatoms. The molecule has 0 radical (unpaired) electrons. The predicted molar refractivity (Wildman–Crippen MR) is 168 cm³/mol. The van der Waals surface area contributed by atoms with Gasteiger partial charge in [-0.05, 0) is 74.4 Å². The Bertz CT molecular complexity index is 1850. The molecule has 1 aliphatic rings. The molecule has 2 aromatic carbocycles. The number of hydrogen-bond donors (Lipinski definition) is 6. The quantitative estimate of drug-likeness (QED) is 0.0677. The van der Waals surface area contributed by atoms with E-state index in [0.29, 0.717) is 70.3 Å². The number of H-pyrrole nitrogens is 1. The molecule has 0 atom stereocenters. The number of nitrogens with two attached hydrogens (primary N) is 1.